The van der Waals surface area contributed by atoms with Gasteiger partial charge in [0.15, 0.2) is 0 Å². The third kappa shape index (κ3) is 4.00. The Morgan fingerprint density at radius 3 is 2.69 bits per heavy atom. The molecule has 0 aromatic heterocycles. The van der Waals surface area contributed by atoms with E-state index in [-0.39, 0.29) is 0 Å². The fourth-order valence-corrected chi connectivity index (χ4v) is 1.00. The number of hydrazone groups is 1. The van der Waals surface area contributed by atoms with E-state index in [4.69, 9.17) is 4.74 Å². The molecule has 0 aliphatic rings. The van der Waals surface area contributed by atoms with Crippen LogP contribution < -0.4 is 10.2 Å². The number of ether oxygens (including phenoxy) is 2. The monoisotopic (exact) mass is 222 g/mol. The van der Waals surface area contributed by atoms with Gasteiger partial charge in [0.05, 0.1) is 19.4 Å². The summed E-state index contributed by atoms with van der Waals surface area (Å²) in [6, 6.07) is 7.17. The molecule has 5 heteroatoms. The minimum absolute atomic E-state index is 0.341. The normalized spacial score (nSPS) is 10.1. The molecule has 86 valence electrons. The van der Waals surface area contributed by atoms with E-state index in [1.807, 2.05) is 0 Å². The molecule has 0 amide bonds. The van der Waals surface area contributed by atoms with Gasteiger partial charge in [-0.3, -0.25) is 5.43 Å². The van der Waals surface area contributed by atoms with Crippen molar-refractivity contribution in [1.29, 1.82) is 0 Å². The van der Waals surface area contributed by atoms with Crippen LogP contribution in [0.25, 0.3) is 0 Å². The lowest BCUT2D eigenvalue weighted by Crippen LogP contribution is -2.06. The molecule has 1 aromatic carbocycles. The Balaban J connectivity index is 2.45. The smallest absolute Gasteiger partial charge is 0.351 e. The topological polar surface area (TPSA) is 59.9 Å². The molecule has 0 unspecified atom stereocenters. The first kappa shape index (κ1) is 12.0. The molecular weight excluding hydrogens is 208 g/mol. The van der Waals surface area contributed by atoms with Gasteiger partial charge in [-0.1, -0.05) is 0 Å². The van der Waals surface area contributed by atoms with Crippen LogP contribution in [0, 0.1) is 0 Å². The average molecular weight is 222 g/mol. The summed E-state index contributed by atoms with van der Waals surface area (Å²) in [4.78, 5) is 10.9. The Morgan fingerprint density at radius 2 is 2.12 bits per heavy atom. The van der Waals surface area contributed by atoms with Crippen LogP contribution in [0.5, 0.6) is 5.75 Å². The Hall–Kier alpha value is -2.04. The van der Waals surface area contributed by atoms with E-state index in [0.29, 0.717) is 6.61 Å². The Morgan fingerprint density at radius 1 is 1.44 bits per heavy atom. The van der Waals surface area contributed by atoms with Crippen molar-refractivity contribution in [3.05, 3.63) is 24.3 Å². The minimum Gasteiger partial charge on any atom is -0.497 e. The highest BCUT2D eigenvalue weighted by Crippen LogP contribution is 2.14. The molecule has 0 heterocycles. The van der Waals surface area contributed by atoms with Crippen LogP contribution in [0.15, 0.2) is 29.4 Å². The number of rotatable bonds is 5. The van der Waals surface area contributed by atoms with Crippen molar-refractivity contribution in [2.24, 2.45) is 5.10 Å². The molecule has 0 radical (unpaired) electrons. The zero-order valence-electron chi connectivity index (χ0n) is 9.27. The van der Waals surface area contributed by atoms with E-state index in [2.05, 4.69) is 15.3 Å². The molecule has 0 bridgehead atoms. The molecule has 0 fully saturated rings. The van der Waals surface area contributed by atoms with E-state index in [9.17, 15) is 4.79 Å². The molecular formula is C11H14N2O3. The summed E-state index contributed by atoms with van der Waals surface area (Å²) in [5.41, 5.74) is 3.46. The second kappa shape index (κ2) is 6.44. The fraction of sp³-hybridized carbons (Fsp3) is 0.273. The molecule has 1 rings (SSSR count). The second-order valence-electron chi connectivity index (χ2n) is 2.85. The van der Waals surface area contributed by atoms with Gasteiger partial charge in [0, 0.05) is 0 Å². The molecule has 0 saturated heterocycles. The van der Waals surface area contributed by atoms with Crippen LogP contribution in [-0.4, -0.2) is 25.9 Å². The Labute approximate surface area is 94.1 Å². The summed E-state index contributed by atoms with van der Waals surface area (Å²) in [6.07, 6.45) is 1.09. The molecule has 0 aliphatic heterocycles. The lowest BCUT2D eigenvalue weighted by atomic mass is 10.3. The standard InChI is InChI=1S/C11H14N2O3/c1-3-16-11(14)8-12-13-9-4-6-10(15-2)7-5-9/h4-8,13H,3H2,1-2H3/b12-8-. The van der Waals surface area contributed by atoms with E-state index in [1.165, 1.54) is 0 Å². The van der Waals surface area contributed by atoms with Gasteiger partial charge in [-0.25, -0.2) is 4.79 Å². The number of carbonyl (C=O) groups excluding carboxylic acids is 1. The van der Waals surface area contributed by atoms with Crippen LogP contribution in [-0.2, 0) is 9.53 Å². The van der Waals surface area contributed by atoms with Crippen molar-refractivity contribution in [2.45, 2.75) is 6.92 Å². The lowest BCUT2D eigenvalue weighted by molar-refractivity contribution is -0.134. The maximum absolute atomic E-state index is 10.9. The maximum Gasteiger partial charge on any atom is 0.351 e. The number of hydrogen-bond acceptors (Lipinski definition) is 5. The van der Waals surface area contributed by atoms with Crippen LogP contribution in [0.2, 0.25) is 0 Å². The molecule has 5 nitrogen and oxygen atoms in total. The molecule has 0 aliphatic carbocycles. The predicted octanol–water partition coefficient (Wildman–Crippen LogP) is 1.66. The van der Waals surface area contributed by atoms with Gasteiger partial charge in [-0.2, -0.15) is 5.10 Å². The van der Waals surface area contributed by atoms with Gasteiger partial charge in [0.1, 0.15) is 12.0 Å². The summed E-state index contributed by atoms with van der Waals surface area (Å²) in [6.45, 7) is 2.08. The largest absolute Gasteiger partial charge is 0.497 e. The zero-order valence-corrected chi connectivity index (χ0v) is 9.27. The van der Waals surface area contributed by atoms with Crippen LogP contribution in [0.3, 0.4) is 0 Å². The summed E-state index contributed by atoms with van der Waals surface area (Å²) in [5, 5.41) is 3.73. The van der Waals surface area contributed by atoms with E-state index >= 15 is 0 Å². The summed E-state index contributed by atoms with van der Waals surface area (Å²) in [7, 11) is 1.60. The van der Waals surface area contributed by atoms with Gasteiger partial charge in [0.2, 0.25) is 0 Å². The molecule has 0 atom stereocenters. The van der Waals surface area contributed by atoms with Gasteiger partial charge in [-0.05, 0) is 31.2 Å². The zero-order chi connectivity index (χ0) is 11.8. The number of benzene rings is 1. The highest BCUT2D eigenvalue weighted by atomic mass is 16.5. The molecule has 16 heavy (non-hydrogen) atoms. The van der Waals surface area contributed by atoms with Crippen molar-refractivity contribution in [2.75, 3.05) is 19.1 Å². The third-order valence-electron chi connectivity index (χ3n) is 1.74. The number of methoxy groups -OCH3 is 1. The number of nitrogens with one attached hydrogen (secondary N) is 1. The molecule has 0 saturated carbocycles. The summed E-state index contributed by atoms with van der Waals surface area (Å²) in [5.74, 6) is 0.295. The predicted molar refractivity (Wildman–Crippen MR) is 61.7 cm³/mol. The quantitative estimate of drug-likeness (QED) is 0.467. The van der Waals surface area contributed by atoms with Crippen LogP contribution in [0.4, 0.5) is 5.69 Å². The number of hydrogen-bond donors (Lipinski definition) is 1. The molecule has 1 N–H and O–H groups in total. The Bertz CT molecular complexity index is 360. The van der Waals surface area contributed by atoms with Gasteiger partial charge >= 0.3 is 5.97 Å². The highest BCUT2D eigenvalue weighted by Gasteiger charge is 1.94. The fourth-order valence-electron chi connectivity index (χ4n) is 1.00. The van der Waals surface area contributed by atoms with Crippen LogP contribution in [0.1, 0.15) is 6.92 Å². The van der Waals surface area contributed by atoms with E-state index < -0.39 is 5.97 Å². The average Bonchev–Trinajstić information content (AvgIpc) is 2.30. The highest BCUT2D eigenvalue weighted by molar-refractivity contribution is 6.23. The van der Waals surface area contributed by atoms with Crippen molar-refractivity contribution in [3.8, 4) is 5.75 Å². The molecule has 1 aromatic rings. The number of carbonyl (C=O) groups is 1. The van der Waals surface area contributed by atoms with Gasteiger partial charge in [-0.15, -0.1) is 0 Å². The van der Waals surface area contributed by atoms with E-state index in [0.717, 1.165) is 17.7 Å². The van der Waals surface area contributed by atoms with E-state index in [1.54, 1.807) is 38.3 Å². The van der Waals surface area contributed by atoms with Crippen molar-refractivity contribution in [1.82, 2.24) is 0 Å². The molecule has 0 spiro atoms. The number of nitrogens with zero attached hydrogens (tertiary/aromatic N) is 1. The van der Waals surface area contributed by atoms with Gasteiger partial charge < -0.3 is 9.47 Å². The van der Waals surface area contributed by atoms with Crippen molar-refractivity contribution < 1.29 is 14.3 Å². The summed E-state index contributed by atoms with van der Waals surface area (Å²) >= 11 is 0. The third-order valence-corrected chi connectivity index (χ3v) is 1.74. The maximum atomic E-state index is 10.9. The first-order chi connectivity index (χ1) is 7.76. The summed E-state index contributed by atoms with van der Waals surface area (Å²) < 4.78 is 9.67. The number of esters is 1. The van der Waals surface area contributed by atoms with Crippen molar-refractivity contribution >= 4 is 17.9 Å². The first-order valence-electron chi connectivity index (χ1n) is 4.86. The van der Waals surface area contributed by atoms with Gasteiger partial charge in [0.25, 0.3) is 0 Å². The SMILES string of the molecule is CCOC(=O)/C=N\Nc1ccc(OC)cc1. The Kier molecular flexibility index (Phi) is 4.85. The number of anilines is 1. The van der Waals surface area contributed by atoms with Crippen molar-refractivity contribution in [3.63, 3.8) is 0 Å². The van der Waals surface area contributed by atoms with Crippen LogP contribution >= 0.6 is 0 Å². The second-order valence-corrected chi connectivity index (χ2v) is 2.85. The first-order valence-corrected chi connectivity index (χ1v) is 4.86. The lowest BCUT2D eigenvalue weighted by Gasteiger charge is -2.02. The minimum atomic E-state index is -0.469.